The van der Waals surface area contributed by atoms with Crippen molar-refractivity contribution in [3.8, 4) is 0 Å². The molecule has 1 aromatic heterocycles. The summed E-state index contributed by atoms with van der Waals surface area (Å²) < 4.78 is 6.53. The summed E-state index contributed by atoms with van der Waals surface area (Å²) in [6.45, 7) is 0. The zero-order valence-corrected chi connectivity index (χ0v) is 12.3. The molecule has 22 heavy (non-hydrogen) atoms. The van der Waals surface area contributed by atoms with Crippen LogP contribution < -0.4 is 5.32 Å². The molecule has 0 radical (unpaired) electrons. The second kappa shape index (κ2) is 6.30. The first-order valence-electron chi connectivity index (χ1n) is 7.14. The zero-order chi connectivity index (χ0) is 15.4. The number of nitrogens with one attached hydrogen (secondary N) is 1. The summed E-state index contributed by atoms with van der Waals surface area (Å²) in [7, 11) is 1.37. The summed E-state index contributed by atoms with van der Waals surface area (Å²) in [6.07, 6.45) is 10.4. The highest BCUT2D eigenvalue weighted by atomic mass is 16.5. The third kappa shape index (κ3) is 3.09. The van der Waals surface area contributed by atoms with Gasteiger partial charge >= 0.3 is 5.97 Å². The Morgan fingerprint density at radius 2 is 2.05 bits per heavy atom. The van der Waals surface area contributed by atoms with E-state index in [4.69, 9.17) is 0 Å². The van der Waals surface area contributed by atoms with Crippen LogP contribution in [0.15, 0.2) is 54.8 Å². The molecule has 2 aromatic rings. The van der Waals surface area contributed by atoms with Gasteiger partial charge in [0.05, 0.1) is 18.4 Å². The Morgan fingerprint density at radius 1 is 1.23 bits per heavy atom. The van der Waals surface area contributed by atoms with E-state index in [9.17, 15) is 4.79 Å². The van der Waals surface area contributed by atoms with Gasteiger partial charge in [-0.15, -0.1) is 0 Å². The molecule has 0 saturated carbocycles. The predicted molar refractivity (Wildman–Crippen MR) is 85.9 cm³/mol. The van der Waals surface area contributed by atoms with Crippen molar-refractivity contribution in [3.05, 3.63) is 60.3 Å². The second-order valence-electron chi connectivity index (χ2n) is 4.95. The molecule has 1 heterocycles. The van der Waals surface area contributed by atoms with Crippen LogP contribution in [0.2, 0.25) is 0 Å². The molecule has 112 valence electrons. The summed E-state index contributed by atoms with van der Waals surface area (Å²) in [5.41, 5.74) is 2.47. The van der Waals surface area contributed by atoms with Gasteiger partial charge in [-0.2, -0.15) is 5.10 Å². The number of hydrogen-bond acceptors (Lipinski definition) is 4. The van der Waals surface area contributed by atoms with Crippen LogP contribution in [0.3, 0.4) is 0 Å². The van der Waals surface area contributed by atoms with Crippen molar-refractivity contribution in [3.63, 3.8) is 0 Å². The third-order valence-corrected chi connectivity index (χ3v) is 3.41. The van der Waals surface area contributed by atoms with E-state index in [1.165, 1.54) is 7.11 Å². The maximum Gasteiger partial charge on any atom is 0.337 e. The van der Waals surface area contributed by atoms with Crippen molar-refractivity contribution in [1.29, 1.82) is 0 Å². The van der Waals surface area contributed by atoms with Gasteiger partial charge in [-0.3, -0.25) is 0 Å². The summed E-state index contributed by atoms with van der Waals surface area (Å²) in [4.78, 5) is 11.4. The summed E-state index contributed by atoms with van der Waals surface area (Å²) >= 11 is 0. The highest BCUT2D eigenvalue weighted by Crippen LogP contribution is 2.19. The lowest BCUT2D eigenvalue weighted by atomic mass is 10.1. The molecule has 5 heteroatoms. The van der Waals surface area contributed by atoms with Crippen LogP contribution in [-0.4, -0.2) is 22.9 Å². The maximum absolute atomic E-state index is 11.4. The van der Waals surface area contributed by atoms with Crippen LogP contribution in [0.4, 0.5) is 11.5 Å². The molecule has 0 fully saturated rings. The second-order valence-corrected chi connectivity index (χ2v) is 4.95. The molecule has 0 unspecified atom stereocenters. The van der Waals surface area contributed by atoms with Crippen molar-refractivity contribution in [2.75, 3.05) is 12.4 Å². The van der Waals surface area contributed by atoms with Crippen LogP contribution in [-0.2, 0) is 4.74 Å². The molecule has 3 rings (SSSR count). The van der Waals surface area contributed by atoms with E-state index in [-0.39, 0.29) is 5.97 Å². The molecule has 0 atom stereocenters. The van der Waals surface area contributed by atoms with Crippen molar-refractivity contribution in [1.82, 2.24) is 9.78 Å². The minimum Gasteiger partial charge on any atom is -0.465 e. The van der Waals surface area contributed by atoms with Crippen LogP contribution in [0.5, 0.6) is 0 Å². The van der Waals surface area contributed by atoms with Crippen LogP contribution in [0.25, 0.3) is 5.70 Å². The Hall–Kier alpha value is -2.82. The highest BCUT2D eigenvalue weighted by molar-refractivity contribution is 5.89. The summed E-state index contributed by atoms with van der Waals surface area (Å²) in [5.74, 6) is 0.414. The number of ether oxygens (including phenoxy) is 1. The Morgan fingerprint density at radius 3 is 2.73 bits per heavy atom. The molecule has 1 aliphatic rings. The highest BCUT2D eigenvalue weighted by Gasteiger charge is 2.06. The number of carbonyl (C=O) groups excluding carboxylic acids is 1. The van der Waals surface area contributed by atoms with E-state index in [1.54, 1.807) is 12.1 Å². The molecular weight excluding hydrogens is 278 g/mol. The van der Waals surface area contributed by atoms with Gasteiger partial charge in [0.1, 0.15) is 0 Å². The van der Waals surface area contributed by atoms with E-state index >= 15 is 0 Å². The number of anilines is 2. The average Bonchev–Trinajstić information content (AvgIpc) is 3.04. The lowest BCUT2D eigenvalue weighted by molar-refractivity contribution is 0.0601. The number of aromatic nitrogens is 2. The summed E-state index contributed by atoms with van der Waals surface area (Å²) in [5, 5.41) is 7.71. The summed E-state index contributed by atoms with van der Waals surface area (Å²) in [6, 6.07) is 9.00. The van der Waals surface area contributed by atoms with Gasteiger partial charge in [-0.25, -0.2) is 9.48 Å². The van der Waals surface area contributed by atoms with Crippen LogP contribution >= 0.6 is 0 Å². The number of methoxy groups -OCH3 is 1. The number of benzene rings is 1. The lowest BCUT2D eigenvalue weighted by Gasteiger charge is -2.07. The first-order valence-corrected chi connectivity index (χ1v) is 7.14. The lowest BCUT2D eigenvalue weighted by Crippen LogP contribution is -2.01. The fraction of sp³-hybridized carbons (Fsp3) is 0.176. The first kappa shape index (κ1) is 14.1. The number of nitrogens with zero attached hydrogens (tertiary/aromatic N) is 2. The van der Waals surface area contributed by atoms with Gasteiger partial charge in [0.25, 0.3) is 0 Å². The Bertz CT molecular complexity index is 727. The van der Waals surface area contributed by atoms with Gasteiger partial charge < -0.3 is 10.1 Å². The van der Waals surface area contributed by atoms with E-state index in [0.29, 0.717) is 5.56 Å². The van der Waals surface area contributed by atoms with E-state index < -0.39 is 0 Å². The smallest absolute Gasteiger partial charge is 0.337 e. The minimum absolute atomic E-state index is 0.341. The van der Waals surface area contributed by atoms with E-state index in [1.807, 2.05) is 29.1 Å². The maximum atomic E-state index is 11.4. The van der Waals surface area contributed by atoms with Crippen molar-refractivity contribution < 1.29 is 9.53 Å². The number of allylic oxidation sites excluding steroid dienone is 4. The van der Waals surface area contributed by atoms with Gasteiger partial charge in [-0.05, 0) is 43.2 Å². The van der Waals surface area contributed by atoms with Crippen LogP contribution in [0, 0.1) is 0 Å². The number of carbonyl (C=O) groups is 1. The topological polar surface area (TPSA) is 56.1 Å². The van der Waals surface area contributed by atoms with Gasteiger partial charge in [0, 0.05) is 18.0 Å². The predicted octanol–water partition coefficient (Wildman–Crippen LogP) is 3.60. The fourth-order valence-electron chi connectivity index (χ4n) is 2.26. The third-order valence-electron chi connectivity index (χ3n) is 3.41. The van der Waals surface area contributed by atoms with Crippen molar-refractivity contribution in [2.45, 2.75) is 12.8 Å². The normalized spacial score (nSPS) is 13.6. The molecule has 0 bridgehead atoms. The fourth-order valence-corrected chi connectivity index (χ4v) is 2.26. The molecule has 0 amide bonds. The Balaban J connectivity index is 1.71. The largest absolute Gasteiger partial charge is 0.465 e. The average molecular weight is 295 g/mol. The van der Waals surface area contributed by atoms with Crippen molar-refractivity contribution >= 4 is 23.2 Å². The molecule has 0 saturated heterocycles. The quantitative estimate of drug-likeness (QED) is 0.876. The number of hydrogen-bond donors (Lipinski definition) is 1. The van der Waals surface area contributed by atoms with Gasteiger partial charge in [0.15, 0.2) is 5.82 Å². The molecule has 0 spiro atoms. The molecule has 0 aliphatic heterocycles. The zero-order valence-electron chi connectivity index (χ0n) is 12.3. The van der Waals surface area contributed by atoms with Gasteiger partial charge in [-0.1, -0.05) is 12.2 Å². The molecule has 5 nitrogen and oxygen atoms in total. The van der Waals surface area contributed by atoms with Crippen LogP contribution in [0.1, 0.15) is 23.2 Å². The van der Waals surface area contributed by atoms with Crippen molar-refractivity contribution in [2.24, 2.45) is 0 Å². The standard InChI is InChI=1S/C17H17N3O2/c1-22-17(21)13-7-9-14(10-8-13)18-16-11-12-20(19-16)15-5-3-2-4-6-15/h3,5-12H,2,4H2,1H3,(H,18,19). The van der Waals surface area contributed by atoms with E-state index in [0.717, 1.165) is 30.0 Å². The monoisotopic (exact) mass is 295 g/mol. The number of rotatable bonds is 4. The van der Waals surface area contributed by atoms with E-state index in [2.05, 4.69) is 33.4 Å². The number of esters is 1. The first-order chi connectivity index (χ1) is 10.8. The molecular formula is C17H17N3O2. The Labute approximate surface area is 128 Å². The molecule has 1 N–H and O–H groups in total. The molecule has 1 aliphatic carbocycles. The van der Waals surface area contributed by atoms with Gasteiger partial charge in [0.2, 0.25) is 0 Å². The minimum atomic E-state index is -0.341. The SMILES string of the molecule is COC(=O)c1ccc(Nc2ccn(C3=CCCC=C3)n2)cc1. The Kier molecular flexibility index (Phi) is 4.05. The molecule has 1 aromatic carbocycles.